The minimum Gasteiger partial charge on any atom is -0.321 e. The maximum absolute atomic E-state index is 13.5. The predicted octanol–water partition coefficient (Wildman–Crippen LogP) is 3.03. The number of anilines is 1. The molecule has 8 nitrogen and oxygen atoms in total. The van der Waals surface area contributed by atoms with E-state index < -0.39 is 21.6 Å². The molecule has 1 aromatic carbocycles. The van der Waals surface area contributed by atoms with Crippen molar-refractivity contribution in [2.45, 2.75) is 31.3 Å². The molecule has 1 aliphatic rings. The molecule has 0 bridgehead atoms. The Kier molecular flexibility index (Phi) is 5.55. The Morgan fingerprint density at radius 1 is 1.52 bits per heavy atom. The van der Waals surface area contributed by atoms with Crippen molar-refractivity contribution in [2.75, 3.05) is 5.32 Å². The molecule has 0 spiro atoms. The van der Waals surface area contributed by atoms with E-state index in [2.05, 4.69) is 15.1 Å². The van der Waals surface area contributed by atoms with Crippen molar-refractivity contribution < 1.29 is 13.4 Å². The maximum Gasteiger partial charge on any atom is 0.274 e. The van der Waals surface area contributed by atoms with E-state index in [-0.39, 0.29) is 28.0 Å². The van der Waals surface area contributed by atoms with Gasteiger partial charge < -0.3 is 5.32 Å². The summed E-state index contributed by atoms with van der Waals surface area (Å²) in [5.41, 5.74) is 0.460. The van der Waals surface area contributed by atoms with Gasteiger partial charge in [0.25, 0.3) is 5.91 Å². The number of nitriles is 1. The molecule has 152 valence electrons. The van der Waals surface area contributed by atoms with E-state index in [0.717, 1.165) is 6.07 Å². The summed E-state index contributed by atoms with van der Waals surface area (Å²) in [5.74, 6) is -0.933. The maximum atomic E-state index is 13.5. The highest BCUT2D eigenvalue weighted by molar-refractivity contribution is 7.90. The monoisotopic (exact) mass is 416 g/mol. The van der Waals surface area contributed by atoms with Gasteiger partial charge in [-0.05, 0) is 30.5 Å². The number of carbonyl (C=O) groups is 1. The second kappa shape index (κ2) is 7.77. The molecule has 0 saturated carbocycles. The molecule has 2 heterocycles. The first-order chi connectivity index (χ1) is 13.6. The molecule has 3 N–H and O–H groups in total. The third kappa shape index (κ3) is 4.21. The number of halogens is 1. The van der Waals surface area contributed by atoms with Crippen molar-refractivity contribution in [2.24, 2.45) is 13.0 Å². The predicted molar refractivity (Wildman–Crippen MR) is 107 cm³/mol. The molecule has 0 saturated heterocycles. The van der Waals surface area contributed by atoms with Crippen LogP contribution in [0.1, 0.15) is 41.9 Å². The van der Waals surface area contributed by atoms with Gasteiger partial charge >= 0.3 is 0 Å². The van der Waals surface area contributed by atoms with Crippen LogP contribution in [0.3, 0.4) is 0 Å². The van der Waals surface area contributed by atoms with Crippen LogP contribution in [0.2, 0.25) is 0 Å². The van der Waals surface area contributed by atoms with Crippen LogP contribution in [-0.4, -0.2) is 25.9 Å². The molecule has 0 aliphatic carbocycles. The van der Waals surface area contributed by atoms with Crippen LogP contribution in [0.15, 0.2) is 29.3 Å². The molecular formula is C19H21FN6O2S. The van der Waals surface area contributed by atoms with Crippen LogP contribution >= 0.6 is 0 Å². The average Bonchev–Trinajstić information content (AvgIpc) is 2.92. The number of carbonyl (C=O) groups excluding carboxylic acids is 1. The van der Waals surface area contributed by atoms with Gasteiger partial charge in [0, 0.05) is 24.3 Å². The molecule has 1 amide bonds. The lowest BCUT2D eigenvalue weighted by Gasteiger charge is -2.16. The van der Waals surface area contributed by atoms with Gasteiger partial charge in [0.15, 0.2) is 14.9 Å². The van der Waals surface area contributed by atoms with Gasteiger partial charge in [-0.15, -0.1) is 0 Å². The second-order valence-electron chi connectivity index (χ2n) is 7.22. The van der Waals surface area contributed by atoms with Crippen LogP contribution in [0.4, 0.5) is 10.1 Å². The topological polar surface area (TPSA) is 124 Å². The number of nitrogens with zero attached hydrogens (tertiary/aromatic N) is 3. The Hall–Kier alpha value is -3.03. The second-order valence-corrected chi connectivity index (χ2v) is 8.96. The van der Waals surface area contributed by atoms with Gasteiger partial charge in [-0.3, -0.25) is 9.48 Å². The summed E-state index contributed by atoms with van der Waals surface area (Å²) in [6, 6.07) is 5.09. The lowest BCUT2D eigenvalue weighted by molar-refractivity contribution is 0.101. The first-order valence-electron chi connectivity index (χ1n) is 8.94. The first-order valence-corrected chi connectivity index (χ1v) is 10.5. The van der Waals surface area contributed by atoms with Crippen molar-refractivity contribution in [3.63, 3.8) is 0 Å². The summed E-state index contributed by atoms with van der Waals surface area (Å²) in [4.78, 5) is 12.9. The molecule has 29 heavy (non-hydrogen) atoms. The minimum atomic E-state index is -3.41. The number of hydrogen-bond donors (Lipinski definition) is 3. The smallest absolute Gasteiger partial charge is 0.274 e. The zero-order chi connectivity index (χ0) is 21.3. The van der Waals surface area contributed by atoms with Crippen molar-refractivity contribution >= 4 is 27.6 Å². The van der Waals surface area contributed by atoms with E-state index in [9.17, 15) is 13.4 Å². The van der Waals surface area contributed by atoms with Gasteiger partial charge in [0.2, 0.25) is 0 Å². The fourth-order valence-corrected chi connectivity index (χ4v) is 4.61. The minimum absolute atomic E-state index is 0.00974. The van der Waals surface area contributed by atoms with Crippen LogP contribution in [0.25, 0.3) is 6.08 Å². The Labute approximate surface area is 168 Å². The van der Waals surface area contributed by atoms with Crippen molar-refractivity contribution in [3.8, 4) is 6.07 Å². The summed E-state index contributed by atoms with van der Waals surface area (Å²) in [5, 5.41) is 15.7. The number of hydrogen-bond acceptors (Lipinski definition) is 5. The van der Waals surface area contributed by atoms with E-state index in [1.165, 1.54) is 23.9 Å². The van der Waals surface area contributed by atoms with Gasteiger partial charge in [-0.1, -0.05) is 26.0 Å². The molecule has 0 fully saturated rings. The van der Waals surface area contributed by atoms with Gasteiger partial charge in [0.05, 0.1) is 5.56 Å². The van der Waals surface area contributed by atoms with Crippen molar-refractivity contribution in [1.29, 1.82) is 10.0 Å². The van der Waals surface area contributed by atoms with Gasteiger partial charge in [0.1, 0.15) is 17.6 Å². The third-order valence-corrected chi connectivity index (χ3v) is 5.90. The zero-order valence-corrected chi connectivity index (χ0v) is 17.0. The largest absolute Gasteiger partial charge is 0.321 e. The Morgan fingerprint density at radius 2 is 2.24 bits per heavy atom. The number of aryl methyl sites for hydroxylation is 1. The van der Waals surface area contributed by atoms with Crippen LogP contribution in [0, 0.1) is 27.8 Å². The number of amides is 1. The Bertz CT molecular complexity index is 1140. The number of rotatable bonds is 4. The van der Waals surface area contributed by atoms with E-state index in [0.29, 0.717) is 17.9 Å². The fraction of sp³-hybridized carbons (Fsp3) is 0.316. The number of benzene rings is 1. The van der Waals surface area contributed by atoms with Gasteiger partial charge in [-0.2, -0.15) is 10.4 Å². The molecule has 1 aromatic heterocycles. The highest BCUT2D eigenvalue weighted by Gasteiger charge is 2.30. The summed E-state index contributed by atoms with van der Waals surface area (Å²) < 4.78 is 38.8. The van der Waals surface area contributed by atoms with Crippen LogP contribution in [0.5, 0.6) is 0 Å². The van der Waals surface area contributed by atoms with Crippen molar-refractivity contribution in [1.82, 2.24) is 14.5 Å². The molecule has 0 radical (unpaired) electrons. The molecule has 1 unspecified atom stereocenters. The quantitative estimate of drug-likeness (QED) is 0.709. The lowest BCUT2D eigenvalue weighted by Crippen LogP contribution is -2.33. The fourth-order valence-electron chi connectivity index (χ4n) is 3.18. The number of fused-ring (bicyclic) bond motifs is 1. The van der Waals surface area contributed by atoms with E-state index in [4.69, 9.17) is 10.0 Å². The first kappa shape index (κ1) is 20.7. The molecule has 3 rings (SSSR count). The van der Waals surface area contributed by atoms with E-state index >= 15 is 0 Å². The zero-order valence-electron chi connectivity index (χ0n) is 16.2. The standard InChI is InChI=1S/C19H21FN6O2S/c1-11(2)8-14-4-6-15-17(26(3)24-19(15)29(22,28)25-14)18(27)23-13-5-7-16(20)12(9-13)10-21/h4-7,9,11,14H,8H2,1-3H3,(H,23,27)(H2,22,25,28)/t14-,29?/m1/s1. The Morgan fingerprint density at radius 3 is 2.90 bits per heavy atom. The van der Waals surface area contributed by atoms with E-state index in [1.54, 1.807) is 18.2 Å². The summed E-state index contributed by atoms with van der Waals surface area (Å²) in [6.45, 7) is 4.04. The number of aromatic nitrogens is 2. The summed E-state index contributed by atoms with van der Waals surface area (Å²) in [6.07, 6.45) is 4.12. The SMILES string of the molecule is CC(C)C[C@H]1C=Cc2c(nn(C)c2C(=O)Nc2ccc(F)c(C#N)c2)S(=N)(=O)N1. The lowest BCUT2D eigenvalue weighted by atomic mass is 10.0. The summed E-state index contributed by atoms with van der Waals surface area (Å²) >= 11 is 0. The van der Waals surface area contributed by atoms with Crippen LogP contribution in [-0.2, 0) is 17.0 Å². The van der Waals surface area contributed by atoms with Crippen molar-refractivity contribution in [3.05, 3.63) is 46.9 Å². The summed E-state index contributed by atoms with van der Waals surface area (Å²) in [7, 11) is -1.90. The normalized spacial score (nSPS) is 20.8. The molecular weight excluding hydrogens is 395 g/mol. The molecule has 10 heteroatoms. The Balaban J connectivity index is 1.99. The molecule has 2 atom stereocenters. The third-order valence-electron chi connectivity index (χ3n) is 4.42. The van der Waals surface area contributed by atoms with Crippen LogP contribution < -0.4 is 10.0 Å². The number of nitrogens with one attached hydrogen (secondary N) is 3. The van der Waals surface area contributed by atoms with Gasteiger partial charge in [-0.25, -0.2) is 18.1 Å². The highest BCUT2D eigenvalue weighted by Crippen LogP contribution is 2.26. The van der Waals surface area contributed by atoms with E-state index in [1.807, 2.05) is 13.8 Å². The average molecular weight is 416 g/mol. The molecule has 2 aromatic rings. The highest BCUT2D eigenvalue weighted by atomic mass is 32.2. The molecule has 1 aliphatic heterocycles.